The first-order valence-corrected chi connectivity index (χ1v) is 9.88. The molecule has 0 bridgehead atoms. The molecule has 154 valence electrons. The van der Waals surface area contributed by atoms with E-state index in [9.17, 15) is 9.59 Å². The number of carbonyl (C=O) groups is 2. The summed E-state index contributed by atoms with van der Waals surface area (Å²) in [4.78, 5) is 25.7. The van der Waals surface area contributed by atoms with E-state index in [0.717, 1.165) is 5.56 Å². The largest absolute Gasteiger partial charge is 0.497 e. The van der Waals surface area contributed by atoms with Gasteiger partial charge in [-0.2, -0.15) is 0 Å². The number of carbonyl (C=O) groups excluding carboxylic acids is 2. The summed E-state index contributed by atoms with van der Waals surface area (Å²) < 4.78 is 11.0. The van der Waals surface area contributed by atoms with Gasteiger partial charge in [0.2, 0.25) is 11.7 Å². The van der Waals surface area contributed by atoms with E-state index < -0.39 is 0 Å². The van der Waals surface area contributed by atoms with Gasteiger partial charge in [0.05, 0.1) is 12.8 Å². The Hall–Kier alpha value is -3.83. The van der Waals surface area contributed by atoms with Crippen molar-refractivity contribution in [1.82, 2.24) is 0 Å². The molecule has 1 aromatic heterocycles. The number of ketones is 1. The Labute approximate surface area is 183 Å². The van der Waals surface area contributed by atoms with Gasteiger partial charge in [-0.1, -0.05) is 35.9 Å². The summed E-state index contributed by atoms with van der Waals surface area (Å²) >= 11 is 5.89. The first-order valence-electron chi connectivity index (χ1n) is 9.50. The predicted octanol–water partition coefficient (Wildman–Crippen LogP) is 5.98. The van der Waals surface area contributed by atoms with Crippen LogP contribution >= 0.6 is 11.6 Å². The molecule has 0 radical (unpaired) electrons. The fraction of sp³-hybridized carbons (Fsp3) is 0.0400. The Kier molecular flexibility index (Phi) is 5.87. The summed E-state index contributed by atoms with van der Waals surface area (Å²) in [5.74, 6) is -0.0113. The average Bonchev–Trinajstić information content (AvgIpc) is 3.16. The third kappa shape index (κ3) is 4.52. The summed E-state index contributed by atoms with van der Waals surface area (Å²) in [5, 5.41) is 4.06. The number of benzene rings is 3. The van der Waals surface area contributed by atoms with Crippen molar-refractivity contribution < 1.29 is 18.7 Å². The normalized spacial score (nSPS) is 11.0. The molecule has 5 nitrogen and oxygen atoms in total. The third-order valence-electron chi connectivity index (χ3n) is 4.70. The van der Waals surface area contributed by atoms with Crippen LogP contribution in [0.5, 0.6) is 5.75 Å². The van der Waals surface area contributed by atoms with Gasteiger partial charge in [-0.3, -0.25) is 9.59 Å². The number of amides is 1. The number of fused-ring (bicyclic) bond motifs is 1. The molecule has 3 aromatic carbocycles. The minimum atomic E-state index is -0.384. The number of hydrogen-bond acceptors (Lipinski definition) is 4. The molecule has 1 heterocycles. The maximum Gasteiger partial charge on any atom is 0.248 e. The highest BCUT2D eigenvalue weighted by atomic mass is 35.5. The molecule has 1 N–H and O–H groups in total. The van der Waals surface area contributed by atoms with Crippen LogP contribution in [0.2, 0.25) is 5.02 Å². The Morgan fingerprint density at radius 3 is 2.39 bits per heavy atom. The smallest absolute Gasteiger partial charge is 0.248 e. The molecule has 0 atom stereocenters. The lowest BCUT2D eigenvalue weighted by atomic mass is 10.1. The minimum absolute atomic E-state index is 0.0691. The maximum absolute atomic E-state index is 13.1. The van der Waals surface area contributed by atoms with E-state index in [1.54, 1.807) is 79.9 Å². The van der Waals surface area contributed by atoms with Crippen molar-refractivity contribution in [3.8, 4) is 5.75 Å². The van der Waals surface area contributed by atoms with E-state index in [-0.39, 0.29) is 17.5 Å². The molecule has 0 saturated carbocycles. The van der Waals surface area contributed by atoms with Gasteiger partial charge in [-0.05, 0) is 60.2 Å². The van der Waals surface area contributed by atoms with E-state index in [2.05, 4.69) is 5.32 Å². The van der Waals surface area contributed by atoms with Gasteiger partial charge in [-0.15, -0.1) is 0 Å². The Morgan fingerprint density at radius 2 is 1.68 bits per heavy atom. The van der Waals surface area contributed by atoms with Crippen molar-refractivity contribution >= 4 is 46.0 Å². The number of anilines is 1. The van der Waals surface area contributed by atoms with Gasteiger partial charge >= 0.3 is 0 Å². The molecule has 4 aromatic rings. The van der Waals surface area contributed by atoms with Crippen molar-refractivity contribution in [2.24, 2.45) is 0 Å². The average molecular weight is 432 g/mol. The lowest BCUT2D eigenvalue weighted by Gasteiger charge is -2.05. The second-order valence-electron chi connectivity index (χ2n) is 6.73. The molecule has 6 heteroatoms. The number of hydrogen-bond donors (Lipinski definition) is 1. The predicted molar refractivity (Wildman–Crippen MR) is 122 cm³/mol. The fourth-order valence-electron chi connectivity index (χ4n) is 3.11. The summed E-state index contributed by atoms with van der Waals surface area (Å²) in [6, 6.07) is 21.0. The van der Waals surface area contributed by atoms with Gasteiger partial charge in [0, 0.05) is 22.0 Å². The zero-order valence-corrected chi connectivity index (χ0v) is 17.3. The topological polar surface area (TPSA) is 68.5 Å². The van der Waals surface area contributed by atoms with Crippen molar-refractivity contribution in [2.45, 2.75) is 0 Å². The van der Waals surface area contributed by atoms with Crippen molar-refractivity contribution in [3.05, 3.63) is 101 Å². The number of rotatable bonds is 6. The van der Waals surface area contributed by atoms with E-state index in [0.29, 0.717) is 33.0 Å². The molecule has 1 amide bonds. The highest BCUT2D eigenvalue weighted by Gasteiger charge is 2.23. The molecule has 0 aliphatic carbocycles. The minimum Gasteiger partial charge on any atom is -0.497 e. The van der Waals surface area contributed by atoms with Crippen molar-refractivity contribution in [3.63, 3.8) is 0 Å². The van der Waals surface area contributed by atoms with Crippen LogP contribution in [0.4, 0.5) is 5.69 Å². The van der Waals surface area contributed by atoms with E-state index >= 15 is 0 Å². The van der Waals surface area contributed by atoms with Gasteiger partial charge in [0.25, 0.3) is 0 Å². The number of para-hydroxylation sites is 1. The molecule has 4 rings (SSSR count). The molecule has 31 heavy (non-hydrogen) atoms. The number of halogens is 1. The van der Waals surface area contributed by atoms with E-state index in [4.69, 9.17) is 20.8 Å². The van der Waals surface area contributed by atoms with E-state index in [1.807, 2.05) is 6.07 Å². The van der Waals surface area contributed by atoms with Gasteiger partial charge in [0.1, 0.15) is 11.3 Å². The van der Waals surface area contributed by atoms with Crippen LogP contribution in [-0.4, -0.2) is 18.8 Å². The molecular weight excluding hydrogens is 414 g/mol. The molecule has 0 spiro atoms. The Morgan fingerprint density at radius 1 is 0.968 bits per heavy atom. The number of ether oxygens (including phenoxy) is 1. The second-order valence-corrected chi connectivity index (χ2v) is 7.17. The molecule has 0 aliphatic rings. The summed E-state index contributed by atoms with van der Waals surface area (Å²) in [6.45, 7) is 0. The summed E-state index contributed by atoms with van der Waals surface area (Å²) in [5.41, 5.74) is 2.09. The fourth-order valence-corrected chi connectivity index (χ4v) is 3.24. The van der Waals surface area contributed by atoms with Crippen LogP contribution < -0.4 is 10.1 Å². The quantitative estimate of drug-likeness (QED) is 0.301. The SMILES string of the molecule is COc1ccc(C(=O)c2oc3ccccc3c2NC(=O)C=Cc2ccc(Cl)cc2)cc1. The highest BCUT2D eigenvalue weighted by molar-refractivity contribution is 6.30. The van der Waals surface area contributed by atoms with Crippen LogP contribution in [-0.2, 0) is 4.79 Å². The first kappa shape index (κ1) is 20.4. The molecular formula is C25H18ClNO4. The van der Waals surface area contributed by atoms with E-state index in [1.165, 1.54) is 6.08 Å². The zero-order chi connectivity index (χ0) is 21.8. The highest BCUT2D eigenvalue weighted by Crippen LogP contribution is 2.32. The zero-order valence-electron chi connectivity index (χ0n) is 16.6. The monoisotopic (exact) mass is 431 g/mol. The Bertz CT molecular complexity index is 1270. The van der Waals surface area contributed by atoms with Crippen molar-refractivity contribution in [1.29, 1.82) is 0 Å². The molecule has 0 unspecified atom stereocenters. The maximum atomic E-state index is 13.1. The van der Waals surface area contributed by atoms with Gasteiger partial charge in [-0.25, -0.2) is 0 Å². The lowest BCUT2D eigenvalue weighted by molar-refractivity contribution is -0.111. The number of methoxy groups -OCH3 is 1. The molecule has 0 aliphatic heterocycles. The van der Waals surface area contributed by atoms with Crippen LogP contribution in [0.3, 0.4) is 0 Å². The van der Waals surface area contributed by atoms with Crippen LogP contribution in [0.1, 0.15) is 21.7 Å². The van der Waals surface area contributed by atoms with Crippen LogP contribution in [0.15, 0.2) is 83.3 Å². The van der Waals surface area contributed by atoms with Crippen LogP contribution in [0.25, 0.3) is 17.0 Å². The van der Waals surface area contributed by atoms with Gasteiger partial charge < -0.3 is 14.5 Å². The van der Waals surface area contributed by atoms with Gasteiger partial charge in [0.15, 0.2) is 5.76 Å². The lowest BCUT2D eigenvalue weighted by Crippen LogP contribution is -2.11. The third-order valence-corrected chi connectivity index (χ3v) is 4.95. The van der Waals surface area contributed by atoms with Crippen LogP contribution in [0, 0.1) is 0 Å². The Balaban J connectivity index is 1.65. The summed E-state index contributed by atoms with van der Waals surface area (Å²) in [6.07, 6.45) is 3.06. The number of nitrogens with one attached hydrogen (secondary N) is 1. The summed E-state index contributed by atoms with van der Waals surface area (Å²) in [7, 11) is 1.56. The molecule has 0 saturated heterocycles. The van der Waals surface area contributed by atoms with Crippen molar-refractivity contribution in [2.75, 3.05) is 12.4 Å². The second kappa shape index (κ2) is 8.90. The first-order chi connectivity index (χ1) is 15.0. The standard InChI is InChI=1S/C25H18ClNO4/c1-30-19-13-9-17(10-14-19)24(29)25-23(20-4-2-3-5-21(20)31-25)27-22(28)15-8-16-6-11-18(26)12-7-16/h2-15H,1H3,(H,27,28). The molecule has 0 fully saturated rings. The number of furan rings is 1.